The smallest absolute Gasteiger partial charge is 0.315 e. The fourth-order valence-electron chi connectivity index (χ4n) is 2.07. The molecular weight excluding hydrogens is 180 g/mol. The molecule has 2 amide bonds. The molecule has 0 heterocycles. The average molecular weight is 198 g/mol. The third-order valence-electron chi connectivity index (χ3n) is 3.12. The molecule has 2 aliphatic carbocycles. The minimum Gasteiger partial charge on any atom is -0.396 e. The van der Waals surface area contributed by atoms with Crippen LogP contribution in [0.25, 0.3) is 0 Å². The van der Waals surface area contributed by atoms with E-state index in [2.05, 4.69) is 10.6 Å². The molecule has 2 rings (SSSR count). The summed E-state index contributed by atoms with van der Waals surface area (Å²) in [5, 5.41) is 14.9. The topological polar surface area (TPSA) is 61.4 Å². The fraction of sp³-hybridized carbons (Fsp3) is 0.900. The molecule has 0 spiro atoms. The number of hydrogen-bond acceptors (Lipinski definition) is 2. The van der Waals surface area contributed by atoms with Gasteiger partial charge in [-0.3, -0.25) is 0 Å². The maximum absolute atomic E-state index is 11.4. The van der Waals surface area contributed by atoms with Gasteiger partial charge in [0.2, 0.25) is 0 Å². The van der Waals surface area contributed by atoms with Crippen molar-refractivity contribution in [1.29, 1.82) is 0 Å². The Morgan fingerprint density at radius 2 is 2.00 bits per heavy atom. The number of carbonyl (C=O) groups is 1. The van der Waals surface area contributed by atoms with Gasteiger partial charge < -0.3 is 15.7 Å². The Labute approximate surface area is 84.1 Å². The number of hydrogen-bond donors (Lipinski definition) is 3. The molecule has 2 fully saturated rings. The highest BCUT2D eigenvalue weighted by atomic mass is 16.3. The van der Waals surface area contributed by atoms with Crippen LogP contribution in [0.3, 0.4) is 0 Å². The highest BCUT2D eigenvalue weighted by molar-refractivity contribution is 5.75. The lowest BCUT2D eigenvalue weighted by Crippen LogP contribution is -2.45. The van der Waals surface area contributed by atoms with Crippen LogP contribution < -0.4 is 10.6 Å². The first-order valence-electron chi connectivity index (χ1n) is 5.47. The van der Waals surface area contributed by atoms with Crippen LogP contribution in [0.4, 0.5) is 4.79 Å². The van der Waals surface area contributed by atoms with Gasteiger partial charge in [-0.2, -0.15) is 0 Å². The second-order valence-electron chi connectivity index (χ2n) is 4.37. The first-order chi connectivity index (χ1) is 6.79. The van der Waals surface area contributed by atoms with Crippen LogP contribution in [0.1, 0.15) is 32.1 Å². The second-order valence-corrected chi connectivity index (χ2v) is 4.37. The van der Waals surface area contributed by atoms with E-state index in [1.54, 1.807) is 0 Å². The third-order valence-corrected chi connectivity index (χ3v) is 3.12. The van der Waals surface area contributed by atoms with Gasteiger partial charge in [0.1, 0.15) is 0 Å². The summed E-state index contributed by atoms with van der Waals surface area (Å²) in [6.45, 7) is 0.189. The molecule has 80 valence electrons. The van der Waals surface area contributed by atoms with Gasteiger partial charge in [0.15, 0.2) is 0 Å². The molecule has 0 aromatic rings. The second kappa shape index (κ2) is 4.17. The highest BCUT2D eigenvalue weighted by Gasteiger charge is 2.29. The van der Waals surface area contributed by atoms with Gasteiger partial charge in [-0.15, -0.1) is 0 Å². The van der Waals surface area contributed by atoms with Crippen molar-refractivity contribution in [3.8, 4) is 0 Å². The quantitative estimate of drug-likeness (QED) is 0.622. The van der Waals surface area contributed by atoms with E-state index in [0.29, 0.717) is 6.04 Å². The van der Waals surface area contributed by atoms with Crippen LogP contribution in [0.2, 0.25) is 0 Å². The van der Waals surface area contributed by atoms with Crippen molar-refractivity contribution in [3.05, 3.63) is 0 Å². The maximum atomic E-state index is 11.4. The van der Waals surface area contributed by atoms with Crippen LogP contribution in [0.15, 0.2) is 0 Å². The molecule has 0 aliphatic heterocycles. The fourth-order valence-corrected chi connectivity index (χ4v) is 2.07. The molecule has 2 aliphatic rings. The lowest BCUT2D eigenvalue weighted by atomic mass is 10.1. The monoisotopic (exact) mass is 198 g/mol. The molecule has 0 radical (unpaired) electrons. The molecule has 2 saturated carbocycles. The molecule has 0 aromatic carbocycles. The molecule has 3 N–H and O–H groups in total. The molecule has 0 saturated heterocycles. The number of amides is 2. The molecule has 2 unspecified atom stereocenters. The molecule has 2 atom stereocenters. The lowest BCUT2D eigenvalue weighted by molar-refractivity contribution is 0.199. The van der Waals surface area contributed by atoms with Crippen molar-refractivity contribution < 1.29 is 9.90 Å². The Morgan fingerprint density at radius 1 is 1.21 bits per heavy atom. The molecule has 4 heteroatoms. The van der Waals surface area contributed by atoms with Gasteiger partial charge >= 0.3 is 6.03 Å². The van der Waals surface area contributed by atoms with Crippen LogP contribution in [-0.2, 0) is 0 Å². The van der Waals surface area contributed by atoms with Crippen molar-refractivity contribution in [2.75, 3.05) is 6.61 Å². The summed E-state index contributed by atoms with van der Waals surface area (Å²) in [6.07, 6.45) is 5.37. The molecular formula is C10H18N2O2. The summed E-state index contributed by atoms with van der Waals surface area (Å²) in [4.78, 5) is 11.4. The van der Waals surface area contributed by atoms with Crippen LogP contribution >= 0.6 is 0 Å². The van der Waals surface area contributed by atoms with Gasteiger partial charge in [0.05, 0.1) is 0 Å². The summed E-state index contributed by atoms with van der Waals surface area (Å²) in [5.74, 6) is 0.264. The van der Waals surface area contributed by atoms with Gasteiger partial charge in [-0.05, 0) is 25.7 Å². The number of aliphatic hydroxyl groups is 1. The van der Waals surface area contributed by atoms with E-state index in [4.69, 9.17) is 5.11 Å². The molecule has 0 aromatic heterocycles. The Morgan fingerprint density at radius 3 is 2.64 bits per heavy atom. The van der Waals surface area contributed by atoms with Crippen LogP contribution in [0, 0.1) is 5.92 Å². The first-order valence-corrected chi connectivity index (χ1v) is 5.47. The minimum absolute atomic E-state index is 0.0575. The van der Waals surface area contributed by atoms with Crippen LogP contribution in [-0.4, -0.2) is 29.8 Å². The Kier molecular flexibility index (Phi) is 2.91. The zero-order chi connectivity index (χ0) is 9.97. The molecule has 4 nitrogen and oxygen atoms in total. The van der Waals surface area contributed by atoms with Gasteiger partial charge in [-0.25, -0.2) is 4.79 Å². The average Bonchev–Trinajstić information content (AvgIpc) is 2.84. The Bertz CT molecular complexity index is 216. The van der Waals surface area contributed by atoms with Crippen molar-refractivity contribution in [2.24, 2.45) is 5.92 Å². The molecule has 0 bridgehead atoms. The summed E-state index contributed by atoms with van der Waals surface area (Å²) in [5.41, 5.74) is 0. The van der Waals surface area contributed by atoms with Crippen molar-refractivity contribution in [3.63, 3.8) is 0 Å². The Hall–Kier alpha value is -0.770. The maximum Gasteiger partial charge on any atom is 0.315 e. The van der Waals surface area contributed by atoms with E-state index < -0.39 is 0 Å². The number of urea groups is 1. The SMILES string of the molecule is O=C(NC1CC1)NC1CCCC1CO. The van der Waals surface area contributed by atoms with Gasteiger partial charge in [0.25, 0.3) is 0 Å². The summed E-state index contributed by atoms with van der Waals surface area (Å²) in [6, 6.07) is 0.528. The van der Waals surface area contributed by atoms with Gasteiger partial charge in [-0.1, -0.05) is 6.42 Å². The van der Waals surface area contributed by atoms with E-state index in [9.17, 15) is 4.79 Å². The van der Waals surface area contributed by atoms with E-state index in [1.807, 2.05) is 0 Å². The normalized spacial score (nSPS) is 31.5. The number of rotatable bonds is 3. The van der Waals surface area contributed by atoms with Crippen LogP contribution in [0.5, 0.6) is 0 Å². The van der Waals surface area contributed by atoms with E-state index in [0.717, 1.165) is 32.1 Å². The van der Waals surface area contributed by atoms with Crippen molar-refractivity contribution in [1.82, 2.24) is 10.6 Å². The largest absolute Gasteiger partial charge is 0.396 e. The predicted molar refractivity (Wildman–Crippen MR) is 52.9 cm³/mol. The summed E-state index contributed by atoms with van der Waals surface area (Å²) < 4.78 is 0. The molecule has 14 heavy (non-hydrogen) atoms. The number of carbonyl (C=O) groups excluding carboxylic acids is 1. The summed E-state index contributed by atoms with van der Waals surface area (Å²) >= 11 is 0. The number of aliphatic hydroxyl groups excluding tert-OH is 1. The zero-order valence-electron chi connectivity index (χ0n) is 8.33. The van der Waals surface area contributed by atoms with E-state index >= 15 is 0 Å². The highest BCUT2D eigenvalue weighted by Crippen LogP contribution is 2.25. The Balaban J connectivity index is 1.74. The van der Waals surface area contributed by atoms with E-state index in [-0.39, 0.29) is 24.6 Å². The zero-order valence-corrected chi connectivity index (χ0v) is 8.33. The van der Waals surface area contributed by atoms with Crippen molar-refractivity contribution in [2.45, 2.75) is 44.2 Å². The number of nitrogens with one attached hydrogen (secondary N) is 2. The minimum atomic E-state index is -0.0575. The first kappa shape index (κ1) is 9.77. The lowest BCUT2D eigenvalue weighted by Gasteiger charge is -2.19. The van der Waals surface area contributed by atoms with Gasteiger partial charge in [0, 0.05) is 24.6 Å². The summed E-state index contributed by atoms with van der Waals surface area (Å²) in [7, 11) is 0. The predicted octanol–water partition coefficient (Wildman–Crippen LogP) is 0.609. The van der Waals surface area contributed by atoms with E-state index in [1.165, 1.54) is 0 Å². The third kappa shape index (κ3) is 2.38. The van der Waals surface area contributed by atoms with Crippen molar-refractivity contribution >= 4 is 6.03 Å². The standard InChI is InChI=1S/C10H18N2O2/c13-6-7-2-1-3-9(7)12-10(14)11-8-4-5-8/h7-9,13H,1-6H2,(H2,11,12,14).